The molecule has 0 bridgehead atoms. The maximum atomic E-state index is 11.9. The van der Waals surface area contributed by atoms with E-state index in [0.717, 1.165) is 59.3 Å². The number of hydrogen-bond acceptors (Lipinski definition) is 12. The van der Waals surface area contributed by atoms with Crippen LogP contribution in [-0.4, -0.2) is 69.3 Å². The Labute approximate surface area is 369 Å². The van der Waals surface area contributed by atoms with Crippen molar-refractivity contribution in [2.45, 2.75) is 72.4 Å². The maximum absolute atomic E-state index is 11.9. The molecule has 0 unspecified atom stereocenters. The van der Waals surface area contributed by atoms with Crippen molar-refractivity contribution in [3.63, 3.8) is 0 Å². The number of rotatable bonds is 18. The van der Waals surface area contributed by atoms with E-state index in [2.05, 4.69) is 77.8 Å². The van der Waals surface area contributed by atoms with Crippen molar-refractivity contribution in [1.82, 2.24) is 40.5 Å². The van der Waals surface area contributed by atoms with Gasteiger partial charge in [0.05, 0.1) is 55.8 Å². The highest BCUT2D eigenvalue weighted by molar-refractivity contribution is 5.92. The summed E-state index contributed by atoms with van der Waals surface area (Å²) in [4.78, 5) is 50.6. The van der Waals surface area contributed by atoms with Crippen molar-refractivity contribution in [2.24, 2.45) is 0 Å². The van der Waals surface area contributed by atoms with Crippen LogP contribution in [0.25, 0.3) is 22.6 Å². The lowest BCUT2D eigenvalue weighted by molar-refractivity contribution is 0.251. The summed E-state index contributed by atoms with van der Waals surface area (Å²) in [6.07, 6.45) is 16.5. The number of hydrogen-bond donors (Lipinski definition) is 6. The van der Waals surface area contributed by atoms with Gasteiger partial charge in [0.25, 0.3) is 0 Å². The average Bonchev–Trinajstić information content (AvgIpc) is 3.30. The molecule has 16 heteroatoms. The van der Waals surface area contributed by atoms with E-state index < -0.39 is 0 Å². The monoisotopic (exact) mass is 854 g/mol. The van der Waals surface area contributed by atoms with Gasteiger partial charge >= 0.3 is 12.1 Å². The molecule has 0 saturated carbocycles. The van der Waals surface area contributed by atoms with Gasteiger partial charge in [0.1, 0.15) is 23.1 Å². The fourth-order valence-electron chi connectivity index (χ4n) is 6.57. The number of anilines is 4. The Kier molecular flexibility index (Phi) is 17.9. The van der Waals surface area contributed by atoms with Crippen LogP contribution in [0, 0.1) is 6.92 Å². The first-order chi connectivity index (χ1) is 30.7. The summed E-state index contributed by atoms with van der Waals surface area (Å²) in [7, 11) is 3.13. The topological polar surface area (TPSA) is 202 Å². The third-order valence-electron chi connectivity index (χ3n) is 9.70. The summed E-state index contributed by atoms with van der Waals surface area (Å²) < 4.78 is 10.9. The molecule has 0 saturated heterocycles. The molecule has 0 aliphatic rings. The minimum absolute atomic E-state index is 0.0986. The molecule has 63 heavy (non-hydrogen) atoms. The molecule has 6 rings (SSSR count). The Balaban J connectivity index is 0.000000238. The van der Waals surface area contributed by atoms with E-state index in [1.807, 2.05) is 75.8 Å². The lowest BCUT2D eigenvalue weighted by Crippen LogP contribution is -2.28. The molecule has 2 atom stereocenters. The number of ether oxygens (including phenoxy) is 2. The van der Waals surface area contributed by atoms with Gasteiger partial charge in [-0.25, -0.2) is 24.5 Å². The van der Waals surface area contributed by atoms with Crippen molar-refractivity contribution < 1.29 is 19.1 Å². The number of nitrogens with one attached hydrogen (secondary N) is 6. The molecule has 4 heterocycles. The number of carbonyl (C=O) groups excluding carboxylic acids is 2. The number of pyridine rings is 2. The lowest BCUT2D eigenvalue weighted by Gasteiger charge is -2.20. The largest absolute Gasteiger partial charge is 0.495 e. The smallest absolute Gasteiger partial charge is 0.319 e. The van der Waals surface area contributed by atoms with Crippen molar-refractivity contribution in [2.75, 3.05) is 48.6 Å². The summed E-state index contributed by atoms with van der Waals surface area (Å²) in [6.45, 7) is 11.1. The Morgan fingerprint density at radius 2 is 1.19 bits per heavy atom. The Bertz CT molecular complexity index is 2370. The van der Waals surface area contributed by atoms with E-state index in [0.29, 0.717) is 53.3 Å². The fourth-order valence-corrected chi connectivity index (χ4v) is 6.57. The summed E-state index contributed by atoms with van der Waals surface area (Å²) >= 11 is 0. The molecule has 4 aromatic heterocycles. The van der Waals surface area contributed by atoms with Crippen LogP contribution >= 0.6 is 0 Å². The van der Waals surface area contributed by atoms with Gasteiger partial charge in [-0.1, -0.05) is 44.9 Å². The van der Waals surface area contributed by atoms with E-state index in [-0.39, 0.29) is 24.1 Å². The Hall–Kier alpha value is -7.36. The highest BCUT2D eigenvalue weighted by Crippen LogP contribution is 2.33. The van der Waals surface area contributed by atoms with Crippen LogP contribution in [0.5, 0.6) is 11.5 Å². The molecule has 0 radical (unpaired) electrons. The number of aryl methyl sites for hydroxylation is 1. The Morgan fingerprint density at radius 3 is 1.71 bits per heavy atom. The molecule has 0 aliphatic heterocycles. The van der Waals surface area contributed by atoms with Crippen LogP contribution in [0.4, 0.5) is 32.6 Å². The number of urea groups is 2. The third-order valence-corrected chi connectivity index (χ3v) is 9.70. The standard InChI is InChI=1S/C24H30N6O2.C23H28N6O2/c1-5-8-19(18-9-7-12-25-15-18)28-22-16(3)14-27-23(30-22)17-10-11-20(21(13-17)32-4)29-24(31)26-6-2;1-4-7-18(17-8-6-11-24-13-17)27-22-15-25-14-20(28-22)16-9-10-19(21(12-16)31-3)29-23(30)26-5-2/h7,9-15,19H,5-6,8H2,1-4H3,(H2,26,29,31)(H,27,28,30);6,8-15,18H,4-5,7H2,1-3H3,(H,27,28)(H2,26,29,30)/t19-;18-/m00/s1. The van der Waals surface area contributed by atoms with Crippen LogP contribution in [-0.2, 0) is 0 Å². The number of nitrogens with zero attached hydrogens (tertiary/aromatic N) is 6. The van der Waals surface area contributed by atoms with Crippen LogP contribution in [0.3, 0.4) is 0 Å². The van der Waals surface area contributed by atoms with Crippen LogP contribution in [0.15, 0.2) is 104 Å². The first-order valence-electron chi connectivity index (χ1n) is 21.1. The van der Waals surface area contributed by atoms with E-state index >= 15 is 0 Å². The summed E-state index contributed by atoms with van der Waals surface area (Å²) in [5.74, 6) is 3.11. The van der Waals surface area contributed by atoms with Gasteiger partial charge in [-0.15, -0.1) is 0 Å². The molecule has 16 nitrogen and oxygen atoms in total. The van der Waals surface area contributed by atoms with Gasteiger partial charge in [-0.3, -0.25) is 15.0 Å². The van der Waals surface area contributed by atoms with Crippen molar-refractivity contribution in [3.8, 4) is 34.1 Å². The first kappa shape index (κ1) is 46.7. The first-order valence-corrected chi connectivity index (χ1v) is 21.1. The number of methoxy groups -OCH3 is 2. The summed E-state index contributed by atoms with van der Waals surface area (Å²) in [6, 6.07) is 18.6. The second-order valence-electron chi connectivity index (χ2n) is 14.4. The summed E-state index contributed by atoms with van der Waals surface area (Å²) in [5, 5.41) is 18.0. The highest BCUT2D eigenvalue weighted by Gasteiger charge is 2.17. The Morgan fingerprint density at radius 1 is 0.635 bits per heavy atom. The van der Waals surface area contributed by atoms with Crippen molar-refractivity contribution in [1.29, 1.82) is 0 Å². The quantitative estimate of drug-likeness (QED) is 0.0479. The molecule has 0 aliphatic carbocycles. The van der Waals surface area contributed by atoms with E-state index in [4.69, 9.17) is 19.4 Å². The van der Waals surface area contributed by atoms with Crippen LogP contribution in [0.2, 0.25) is 0 Å². The maximum Gasteiger partial charge on any atom is 0.319 e. The van der Waals surface area contributed by atoms with E-state index in [1.165, 1.54) is 0 Å². The van der Waals surface area contributed by atoms with E-state index in [1.54, 1.807) is 51.1 Å². The lowest BCUT2D eigenvalue weighted by atomic mass is 10.0. The molecular formula is C47H58N12O4. The minimum Gasteiger partial charge on any atom is -0.495 e. The number of aromatic nitrogens is 6. The number of benzene rings is 2. The zero-order valence-corrected chi connectivity index (χ0v) is 37.0. The zero-order valence-electron chi connectivity index (χ0n) is 37.0. The van der Waals surface area contributed by atoms with Gasteiger partial charge in [-0.2, -0.15) is 0 Å². The summed E-state index contributed by atoms with van der Waals surface area (Å²) in [5.41, 5.74) is 6.68. The predicted molar refractivity (Wildman–Crippen MR) is 249 cm³/mol. The fraction of sp³-hybridized carbons (Fsp3) is 0.319. The van der Waals surface area contributed by atoms with Gasteiger partial charge in [0, 0.05) is 60.8 Å². The normalized spacial score (nSPS) is 11.5. The molecule has 0 fully saturated rings. The second kappa shape index (κ2) is 24.2. The number of carbonyl (C=O) groups is 2. The van der Waals surface area contributed by atoms with Crippen LogP contribution < -0.4 is 41.4 Å². The van der Waals surface area contributed by atoms with Gasteiger partial charge in [0.15, 0.2) is 5.82 Å². The zero-order chi connectivity index (χ0) is 45.0. The van der Waals surface area contributed by atoms with Gasteiger partial charge in [-0.05, 0) is 87.2 Å². The molecule has 6 N–H and O–H groups in total. The molecule has 6 aromatic rings. The average molecular weight is 855 g/mol. The number of amides is 4. The second-order valence-corrected chi connectivity index (χ2v) is 14.4. The van der Waals surface area contributed by atoms with Crippen molar-refractivity contribution in [3.05, 3.63) is 121 Å². The van der Waals surface area contributed by atoms with Gasteiger partial charge in [0.2, 0.25) is 0 Å². The SMILES string of the molecule is CCC[C@H](Nc1cncc(-c2ccc(NC(=O)NCC)c(OC)c2)n1)c1cccnc1.CCC[C@H](Nc1nc(-c2ccc(NC(=O)NCC)c(OC)c2)ncc1C)c1cccnc1. The van der Waals surface area contributed by atoms with Gasteiger partial charge < -0.3 is 41.4 Å². The highest BCUT2D eigenvalue weighted by atomic mass is 16.5. The molecule has 0 spiro atoms. The van der Waals surface area contributed by atoms with Crippen LogP contribution in [0.1, 0.15) is 82.2 Å². The molecule has 2 aromatic carbocycles. The van der Waals surface area contributed by atoms with Crippen molar-refractivity contribution >= 4 is 35.1 Å². The molecule has 330 valence electrons. The molecular weight excluding hydrogens is 797 g/mol. The predicted octanol–water partition coefficient (Wildman–Crippen LogP) is 9.59. The minimum atomic E-state index is -0.283. The van der Waals surface area contributed by atoms with E-state index in [9.17, 15) is 9.59 Å². The molecule has 4 amide bonds. The third kappa shape index (κ3) is 13.6.